The number of unbranched alkanes of at least 4 members (excludes halogenated alkanes) is 13. The van der Waals surface area contributed by atoms with Gasteiger partial charge in [0.1, 0.15) is 17.9 Å². The van der Waals surface area contributed by atoms with Crippen LogP contribution in [0.25, 0.3) is 0 Å². The Kier molecular flexibility index (Phi) is 16.9. The summed E-state index contributed by atoms with van der Waals surface area (Å²) in [7, 11) is 6.62. The Morgan fingerprint density at radius 3 is 1.69 bits per heavy atom. The molecule has 1 atom stereocenters. The molecule has 1 unspecified atom stereocenters. The molecule has 4 heteroatoms. The first-order chi connectivity index (χ1) is 13.4. The Labute approximate surface area is 199 Å². The molecule has 29 heavy (non-hydrogen) atoms. The highest BCUT2D eigenvalue weighted by Gasteiger charge is 2.36. The number of hydrogen-bond acceptors (Lipinski definition) is 2. The van der Waals surface area contributed by atoms with Crippen LogP contribution in [0.15, 0.2) is 11.8 Å². The van der Waals surface area contributed by atoms with Crippen molar-refractivity contribution in [2.24, 2.45) is 0 Å². The van der Waals surface area contributed by atoms with Crippen LogP contribution in [0.2, 0.25) is 0 Å². The predicted octanol–water partition coefficient (Wildman–Crippen LogP) is 4.21. The van der Waals surface area contributed by atoms with Gasteiger partial charge in [0.25, 0.3) is 0 Å². The number of likely N-dealkylation sites (N-methyl/N-ethyl adjacent to an activating group) is 1. The van der Waals surface area contributed by atoms with E-state index < -0.39 is 0 Å². The molecule has 0 N–H and O–H groups in total. The molecule has 174 valence electrons. The minimum atomic E-state index is -0.202. The Bertz CT molecular complexity index is 420. The van der Waals surface area contributed by atoms with Gasteiger partial charge in [-0.05, 0) is 13.3 Å². The molecule has 1 fully saturated rings. The zero-order valence-electron chi connectivity index (χ0n) is 20.2. The molecule has 0 spiro atoms. The second kappa shape index (κ2) is 16.8. The number of rotatable bonds is 17. The fraction of sp³-hybridized carbons (Fsp3) is 0.920. The summed E-state index contributed by atoms with van der Waals surface area (Å²) >= 11 is 0. The molecule has 1 heterocycles. The zero-order valence-corrected chi connectivity index (χ0v) is 22.4. The highest BCUT2D eigenvalue weighted by atomic mass is 127. The Morgan fingerprint density at radius 2 is 1.24 bits per heavy atom. The van der Waals surface area contributed by atoms with Crippen molar-refractivity contribution in [2.45, 2.75) is 116 Å². The van der Waals surface area contributed by atoms with Gasteiger partial charge in [0.2, 0.25) is 0 Å². The third-order valence-corrected chi connectivity index (χ3v) is 5.94. The molecular weight excluding hydrogens is 473 g/mol. The molecule has 0 bridgehead atoms. The van der Waals surface area contributed by atoms with Crippen LogP contribution in [0, 0.1) is 0 Å². The van der Waals surface area contributed by atoms with E-state index >= 15 is 0 Å². The topological polar surface area (TPSA) is 18.5 Å². The highest BCUT2D eigenvalue weighted by molar-refractivity contribution is 5.11. The molecule has 1 aliphatic rings. The van der Waals surface area contributed by atoms with Gasteiger partial charge >= 0.3 is 0 Å². The van der Waals surface area contributed by atoms with Crippen molar-refractivity contribution in [3.63, 3.8) is 0 Å². The van der Waals surface area contributed by atoms with Crippen LogP contribution in [0.3, 0.4) is 0 Å². The molecule has 0 saturated carbocycles. The van der Waals surface area contributed by atoms with E-state index in [1.165, 1.54) is 89.9 Å². The van der Waals surface area contributed by atoms with E-state index in [1.807, 2.05) is 0 Å². The van der Waals surface area contributed by atoms with Crippen LogP contribution >= 0.6 is 0 Å². The van der Waals surface area contributed by atoms with Gasteiger partial charge in [0.05, 0.1) is 21.1 Å². The van der Waals surface area contributed by atoms with Crippen LogP contribution in [0.4, 0.5) is 0 Å². The van der Waals surface area contributed by atoms with E-state index in [4.69, 9.17) is 9.47 Å². The molecule has 1 rings (SSSR count). The van der Waals surface area contributed by atoms with Gasteiger partial charge in [-0.15, -0.1) is 0 Å². The molecule has 0 aromatic heterocycles. The van der Waals surface area contributed by atoms with Crippen LogP contribution in [-0.2, 0) is 9.47 Å². The van der Waals surface area contributed by atoms with Gasteiger partial charge in [-0.3, -0.25) is 0 Å². The normalized spacial score (nSPS) is 20.7. The minimum Gasteiger partial charge on any atom is -1.00 e. The molecule has 0 aliphatic carbocycles. The Balaban J connectivity index is 0.00000784. The molecule has 3 nitrogen and oxygen atoms in total. The molecule has 1 saturated heterocycles. The average molecular weight is 524 g/mol. The van der Waals surface area contributed by atoms with Crippen molar-refractivity contribution in [3.8, 4) is 0 Å². The Hall–Kier alpha value is 0.190. The van der Waals surface area contributed by atoms with Crippen molar-refractivity contribution in [1.82, 2.24) is 0 Å². The van der Waals surface area contributed by atoms with Gasteiger partial charge in [-0.1, -0.05) is 96.8 Å². The molecule has 0 aromatic rings. The standard InChI is InChI=1S/C25H50NO2.HI/c1-6-7-8-9-10-11-12-13-14-15-16-17-18-19-21-25(2)24(27-23-28-25)20-22-26(3,4)5;/h20H,6-19,21-23H2,1-5H3;1H/q+1;/p-1/b24-20-;. The van der Waals surface area contributed by atoms with Crippen molar-refractivity contribution in [2.75, 3.05) is 34.5 Å². The molecule has 0 radical (unpaired) electrons. The smallest absolute Gasteiger partial charge is 0.189 e. The lowest BCUT2D eigenvalue weighted by atomic mass is 9.95. The van der Waals surface area contributed by atoms with Crippen LogP contribution in [0.5, 0.6) is 0 Å². The maximum Gasteiger partial charge on any atom is 0.189 e. The predicted molar refractivity (Wildman–Crippen MR) is 121 cm³/mol. The fourth-order valence-corrected chi connectivity index (χ4v) is 3.93. The lowest BCUT2D eigenvalue weighted by molar-refractivity contribution is -0.864. The molecular formula is C25H50INO2. The summed E-state index contributed by atoms with van der Waals surface area (Å²) in [6, 6.07) is 0. The maximum absolute atomic E-state index is 5.93. The molecule has 0 amide bonds. The first-order valence-corrected chi connectivity index (χ1v) is 12.2. The lowest BCUT2D eigenvalue weighted by Crippen LogP contribution is -3.00. The van der Waals surface area contributed by atoms with Crippen molar-refractivity contribution >= 4 is 0 Å². The SMILES string of the molecule is CCCCCCCCCCCCCCCCC1(C)OCO/C1=C\C[N+](C)(C)C.[I-]. The molecule has 0 aromatic carbocycles. The summed E-state index contributed by atoms with van der Waals surface area (Å²) in [4.78, 5) is 0. The average Bonchev–Trinajstić information content (AvgIpc) is 3.00. The zero-order chi connectivity index (χ0) is 20.7. The summed E-state index contributed by atoms with van der Waals surface area (Å²) in [5, 5.41) is 0. The van der Waals surface area contributed by atoms with Crippen LogP contribution in [0.1, 0.15) is 110 Å². The number of halogens is 1. The largest absolute Gasteiger partial charge is 1.00 e. The Morgan fingerprint density at radius 1 is 0.793 bits per heavy atom. The number of quaternary nitrogens is 1. The van der Waals surface area contributed by atoms with Gasteiger partial charge in [-0.25, -0.2) is 0 Å². The second-order valence-electron chi connectivity index (χ2n) is 10.0. The van der Waals surface area contributed by atoms with Crippen LogP contribution in [-0.4, -0.2) is 44.6 Å². The van der Waals surface area contributed by atoms with Crippen LogP contribution < -0.4 is 24.0 Å². The first-order valence-electron chi connectivity index (χ1n) is 12.2. The summed E-state index contributed by atoms with van der Waals surface area (Å²) in [5.74, 6) is 1.05. The van der Waals surface area contributed by atoms with E-state index in [0.717, 1.165) is 23.2 Å². The van der Waals surface area contributed by atoms with E-state index in [-0.39, 0.29) is 29.6 Å². The molecule has 1 aliphatic heterocycles. The number of nitrogens with zero attached hydrogens (tertiary/aromatic N) is 1. The highest BCUT2D eigenvalue weighted by Crippen LogP contribution is 2.34. The summed E-state index contributed by atoms with van der Waals surface area (Å²) in [6.45, 7) is 5.88. The van der Waals surface area contributed by atoms with Gasteiger partial charge in [-0.2, -0.15) is 0 Å². The fourth-order valence-electron chi connectivity index (χ4n) is 3.93. The van der Waals surface area contributed by atoms with Crippen molar-refractivity contribution < 1.29 is 37.9 Å². The number of ether oxygens (including phenoxy) is 2. The lowest BCUT2D eigenvalue weighted by Gasteiger charge is -2.25. The summed E-state index contributed by atoms with van der Waals surface area (Å²) in [6.07, 6.45) is 23.0. The van der Waals surface area contributed by atoms with E-state index in [1.54, 1.807) is 0 Å². The third-order valence-electron chi connectivity index (χ3n) is 5.94. The first kappa shape index (κ1) is 29.2. The van der Waals surface area contributed by atoms with Crippen molar-refractivity contribution in [3.05, 3.63) is 11.8 Å². The second-order valence-corrected chi connectivity index (χ2v) is 10.0. The third kappa shape index (κ3) is 14.8. The quantitative estimate of drug-likeness (QED) is 0.162. The summed E-state index contributed by atoms with van der Waals surface area (Å²) in [5.41, 5.74) is -0.202. The van der Waals surface area contributed by atoms with Gasteiger partial charge in [0.15, 0.2) is 6.79 Å². The monoisotopic (exact) mass is 523 g/mol. The van der Waals surface area contributed by atoms with Gasteiger partial charge in [0, 0.05) is 6.08 Å². The van der Waals surface area contributed by atoms with E-state index in [0.29, 0.717) is 6.79 Å². The summed E-state index contributed by atoms with van der Waals surface area (Å²) < 4.78 is 12.6. The van der Waals surface area contributed by atoms with Gasteiger partial charge < -0.3 is 37.9 Å². The van der Waals surface area contributed by atoms with Crippen molar-refractivity contribution in [1.29, 1.82) is 0 Å². The van der Waals surface area contributed by atoms with E-state index in [9.17, 15) is 0 Å². The van der Waals surface area contributed by atoms with E-state index in [2.05, 4.69) is 41.1 Å². The minimum absolute atomic E-state index is 0. The maximum atomic E-state index is 5.93. The number of hydrogen-bond donors (Lipinski definition) is 0.